The van der Waals surface area contributed by atoms with Gasteiger partial charge < -0.3 is 5.32 Å². The van der Waals surface area contributed by atoms with Crippen molar-refractivity contribution >= 4 is 15.9 Å². The molecule has 0 atom stereocenters. The van der Waals surface area contributed by atoms with Crippen LogP contribution in [0.4, 0.5) is 0 Å². The predicted octanol–water partition coefficient (Wildman–Crippen LogP) is 0.403. The Hall–Kier alpha value is -1.40. The van der Waals surface area contributed by atoms with E-state index in [1.54, 1.807) is 19.1 Å². The number of primary sulfonamides is 1. The van der Waals surface area contributed by atoms with E-state index in [4.69, 9.17) is 5.14 Å². The number of hydrogen-bond donors (Lipinski definition) is 2. The van der Waals surface area contributed by atoms with Gasteiger partial charge in [-0.1, -0.05) is 19.1 Å². The fraction of sp³-hybridized carbons (Fsp3) is 0.364. The van der Waals surface area contributed by atoms with Gasteiger partial charge in [-0.2, -0.15) is 0 Å². The molecule has 1 aromatic rings. The third-order valence-electron chi connectivity index (χ3n) is 2.31. The molecule has 0 bridgehead atoms. The van der Waals surface area contributed by atoms with E-state index in [-0.39, 0.29) is 10.8 Å². The molecule has 94 valence electrons. The minimum absolute atomic E-state index is 0.00570. The lowest BCUT2D eigenvalue weighted by atomic mass is 10.1. The number of nitrogens with one attached hydrogen (secondary N) is 1. The summed E-state index contributed by atoms with van der Waals surface area (Å²) in [5.41, 5.74) is 0.953. The maximum atomic E-state index is 11.0. The Bertz CT molecular complexity index is 480. The van der Waals surface area contributed by atoms with E-state index in [1.165, 1.54) is 12.1 Å². The Morgan fingerprint density at radius 1 is 1.29 bits per heavy atom. The van der Waals surface area contributed by atoms with Crippen LogP contribution in [0.5, 0.6) is 0 Å². The zero-order chi connectivity index (χ0) is 12.9. The van der Waals surface area contributed by atoms with Crippen molar-refractivity contribution in [1.29, 1.82) is 0 Å². The quantitative estimate of drug-likeness (QED) is 0.799. The molecule has 3 N–H and O–H groups in total. The van der Waals surface area contributed by atoms with Gasteiger partial charge in [0.1, 0.15) is 0 Å². The van der Waals surface area contributed by atoms with Crippen LogP contribution in [0.15, 0.2) is 29.2 Å². The first-order chi connectivity index (χ1) is 7.93. The monoisotopic (exact) mass is 256 g/mol. The first-order valence-corrected chi connectivity index (χ1v) is 6.86. The first-order valence-electron chi connectivity index (χ1n) is 5.32. The van der Waals surface area contributed by atoms with Crippen molar-refractivity contribution in [3.8, 4) is 0 Å². The average Bonchev–Trinajstić information content (AvgIpc) is 2.28. The number of amides is 1. The Morgan fingerprint density at radius 3 is 2.35 bits per heavy atom. The number of hydrogen-bond acceptors (Lipinski definition) is 3. The summed E-state index contributed by atoms with van der Waals surface area (Å²) in [4.78, 5) is 11.1. The van der Waals surface area contributed by atoms with E-state index in [0.29, 0.717) is 19.4 Å². The fourth-order valence-corrected chi connectivity index (χ4v) is 1.83. The van der Waals surface area contributed by atoms with Crippen LogP contribution in [0.2, 0.25) is 0 Å². The molecule has 0 aliphatic carbocycles. The molecule has 0 aliphatic rings. The number of carbonyl (C=O) groups is 1. The van der Waals surface area contributed by atoms with Crippen LogP contribution in [-0.2, 0) is 21.2 Å². The van der Waals surface area contributed by atoms with Gasteiger partial charge in [-0.05, 0) is 24.1 Å². The van der Waals surface area contributed by atoms with Gasteiger partial charge in [-0.3, -0.25) is 4.79 Å². The molecule has 0 fully saturated rings. The Balaban J connectivity index is 2.55. The van der Waals surface area contributed by atoms with Gasteiger partial charge in [0.25, 0.3) is 0 Å². The SMILES string of the molecule is CCC(=O)NCCc1ccc(S(N)(=O)=O)cc1. The molecule has 1 amide bonds. The van der Waals surface area contributed by atoms with Crippen LogP contribution in [0.1, 0.15) is 18.9 Å². The fourth-order valence-electron chi connectivity index (χ4n) is 1.32. The summed E-state index contributed by atoms with van der Waals surface area (Å²) in [6, 6.07) is 6.31. The molecule has 1 aromatic carbocycles. The zero-order valence-electron chi connectivity index (χ0n) is 9.64. The standard InChI is InChI=1S/C11H16N2O3S/c1-2-11(14)13-8-7-9-3-5-10(6-4-9)17(12,15)16/h3-6H,2,7-8H2,1H3,(H,13,14)(H2,12,15,16). The number of nitrogens with two attached hydrogens (primary N) is 1. The highest BCUT2D eigenvalue weighted by molar-refractivity contribution is 7.89. The first kappa shape index (κ1) is 13.7. The zero-order valence-corrected chi connectivity index (χ0v) is 10.5. The van der Waals surface area contributed by atoms with E-state index in [0.717, 1.165) is 5.56 Å². The van der Waals surface area contributed by atoms with Crippen molar-refractivity contribution in [3.05, 3.63) is 29.8 Å². The van der Waals surface area contributed by atoms with Crippen molar-refractivity contribution in [1.82, 2.24) is 5.32 Å². The van der Waals surface area contributed by atoms with Gasteiger partial charge >= 0.3 is 0 Å². The number of carbonyl (C=O) groups excluding carboxylic acids is 1. The van der Waals surface area contributed by atoms with E-state index in [9.17, 15) is 13.2 Å². The lowest BCUT2D eigenvalue weighted by molar-refractivity contribution is -0.120. The molecular formula is C11H16N2O3S. The molecule has 0 saturated carbocycles. The van der Waals surface area contributed by atoms with Gasteiger partial charge in [0.15, 0.2) is 0 Å². The molecule has 0 heterocycles. The van der Waals surface area contributed by atoms with Crippen LogP contribution in [-0.4, -0.2) is 20.9 Å². The van der Waals surface area contributed by atoms with Gasteiger partial charge in [0.2, 0.25) is 15.9 Å². The molecule has 0 spiro atoms. The molecule has 0 unspecified atom stereocenters. The van der Waals surface area contributed by atoms with E-state index >= 15 is 0 Å². The molecule has 5 nitrogen and oxygen atoms in total. The molecule has 0 aliphatic heterocycles. The molecule has 1 rings (SSSR count). The predicted molar refractivity (Wildman–Crippen MR) is 64.8 cm³/mol. The van der Waals surface area contributed by atoms with Crippen molar-refractivity contribution in [2.24, 2.45) is 5.14 Å². The van der Waals surface area contributed by atoms with Gasteiger partial charge in [-0.25, -0.2) is 13.6 Å². The molecule has 0 radical (unpaired) electrons. The molecule has 0 saturated heterocycles. The largest absolute Gasteiger partial charge is 0.356 e. The summed E-state index contributed by atoms with van der Waals surface area (Å²) in [6.07, 6.45) is 1.13. The maximum absolute atomic E-state index is 11.0. The minimum Gasteiger partial charge on any atom is -0.356 e. The summed E-state index contributed by atoms with van der Waals surface area (Å²) in [5, 5.41) is 7.72. The van der Waals surface area contributed by atoms with Crippen molar-refractivity contribution in [3.63, 3.8) is 0 Å². The summed E-state index contributed by atoms with van der Waals surface area (Å²) in [7, 11) is -3.63. The minimum atomic E-state index is -3.63. The second-order valence-electron chi connectivity index (χ2n) is 3.64. The van der Waals surface area contributed by atoms with Crippen LogP contribution < -0.4 is 10.5 Å². The smallest absolute Gasteiger partial charge is 0.238 e. The Labute approximate surface area is 101 Å². The Morgan fingerprint density at radius 2 is 1.88 bits per heavy atom. The third kappa shape index (κ3) is 4.54. The second kappa shape index (κ2) is 5.79. The highest BCUT2D eigenvalue weighted by atomic mass is 32.2. The number of rotatable bonds is 5. The second-order valence-corrected chi connectivity index (χ2v) is 5.20. The number of sulfonamides is 1. The van der Waals surface area contributed by atoms with Gasteiger partial charge in [0, 0.05) is 13.0 Å². The highest BCUT2D eigenvalue weighted by Crippen LogP contribution is 2.08. The van der Waals surface area contributed by atoms with Crippen molar-refractivity contribution in [2.75, 3.05) is 6.54 Å². The summed E-state index contributed by atoms with van der Waals surface area (Å²) in [6.45, 7) is 2.33. The van der Waals surface area contributed by atoms with E-state index in [2.05, 4.69) is 5.32 Å². The normalized spacial score (nSPS) is 11.2. The lowest BCUT2D eigenvalue weighted by Gasteiger charge is -2.04. The van der Waals surface area contributed by atoms with Crippen LogP contribution >= 0.6 is 0 Å². The van der Waals surface area contributed by atoms with Crippen LogP contribution in [0.3, 0.4) is 0 Å². The summed E-state index contributed by atoms with van der Waals surface area (Å²) < 4.78 is 22.0. The molecule has 17 heavy (non-hydrogen) atoms. The summed E-state index contributed by atoms with van der Waals surface area (Å²) in [5.74, 6) is 0.00570. The van der Waals surface area contributed by atoms with E-state index < -0.39 is 10.0 Å². The molecule has 6 heteroatoms. The molecular weight excluding hydrogens is 240 g/mol. The number of benzene rings is 1. The highest BCUT2D eigenvalue weighted by Gasteiger charge is 2.06. The van der Waals surface area contributed by atoms with Crippen molar-refractivity contribution < 1.29 is 13.2 Å². The van der Waals surface area contributed by atoms with E-state index in [1.807, 2.05) is 0 Å². The van der Waals surface area contributed by atoms with Gasteiger partial charge in [0.05, 0.1) is 4.90 Å². The maximum Gasteiger partial charge on any atom is 0.238 e. The average molecular weight is 256 g/mol. The van der Waals surface area contributed by atoms with Crippen molar-refractivity contribution in [2.45, 2.75) is 24.7 Å². The van der Waals surface area contributed by atoms with Gasteiger partial charge in [-0.15, -0.1) is 0 Å². The molecule has 0 aromatic heterocycles. The third-order valence-corrected chi connectivity index (χ3v) is 3.24. The Kier molecular flexibility index (Phi) is 4.65. The lowest BCUT2D eigenvalue weighted by Crippen LogP contribution is -2.24. The van der Waals surface area contributed by atoms with Crippen LogP contribution in [0, 0.1) is 0 Å². The summed E-state index contributed by atoms with van der Waals surface area (Å²) >= 11 is 0. The topological polar surface area (TPSA) is 89.3 Å². The van der Waals surface area contributed by atoms with Crippen LogP contribution in [0.25, 0.3) is 0 Å².